The molecule has 8 heteroatoms. The van der Waals surface area contributed by atoms with Crippen molar-refractivity contribution in [1.29, 1.82) is 0 Å². The van der Waals surface area contributed by atoms with E-state index < -0.39 is 23.2 Å². The highest BCUT2D eigenvalue weighted by Gasteiger charge is 2.35. The Morgan fingerprint density at radius 2 is 2.00 bits per heavy atom. The van der Waals surface area contributed by atoms with Crippen molar-refractivity contribution in [3.8, 4) is 0 Å². The molecule has 0 radical (unpaired) electrons. The van der Waals surface area contributed by atoms with Crippen LogP contribution in [-0.2, 0) is 12.7 Å². The normalized spacial score (nSPS) is 17.6. The van der Waals surface area contributed by atoms with E-state index in [0.717, 1.165) is 18.6 Å². The van der Waals surface area contributed by atoms with E-state index in [1.165, 1.54) is 7.05 Å². The van der Waals surface area contributed by atoms with Crippen molar-refractivity contribution in [1.82, 2.24) is 10.6 Å². The van der Waals surface area contributed by atoms with Crippen LogP contribution in [0.25, 0.3) is 0 Å². The van der Waals surface area contributed by atoms with Crippen LogP contribution in [0.2, 0.25) is 0 Å². The molecule has 0 amide bonds. The second kappa shape index (κ2) is 6.74. The molecule has 1 fully saturated rings. The van der Waals surface area contributed by atoms with Crippen LogP contribution in [0.4, 0.5) is 17.6 Å². The van der Waals surface area contributed by atoms with Crippen molar-refractivity contribution in [2.75, 3.05) is 13.6 Å². The largest absolute Gasteiger partial charge is 0.416 e. The molecule has 0 spiro atoms. The van der Waals surface area contributed by atoms with Crippen molar-refractivity contribution in [3.05, 3.63) is 35.1 Å². The zero-order chi connectivity index (χ0) is 17.1. The number of aliphatic hydroxyl groups is 1. The Morgan fingerprint density at radius 1 is 1.30 bits per heavy atom. The molecule has 1 aliphatic rings. The lowest BCUT2D eigenvalue weighted by atomic mass is 9.80. The predicted molar refractivity (Wildman–Crippen MR) is 78.4 cm³/mol. The molecule has 3 N–H and O–H groups in total. The van der Waals surface area contributed by atoms with E-state index in [1.54, 1.807) is 0 Å². The average molecular weight is 333 g/mol. The van der Waals surface area contributed by atoms with Gasteiger partial charge in [0.15, 0.2) is 5.96 Å². The molecule has 1 saturated carbocycles. The number of nitrogens with zero attached hydrogens (tertiary/aromatic N) is 1. The number of alkyl halides is 3. The fourth-order valence-electron chi connectivity index (χ4n) is 2.38. The summed E-state index contributed by atoms with van der Waals surface area (Å²) in [5.74, 6) is -0.654. The lowest BCUT2D eigenvalue weighted by Crippen LogP contribution is -2.50. The standard InChI is InChI=1S/C15H19F4N3O/c1-20-13(22-9-14(23)5-2-6-14)21-8-10-3-4-11(16)7-12(10)15(17,18)19/h3-4,7,23H,2,5-6,8-9H2,1H3,(H2,20,21,22). The van der Waals surface area contributed by atoms with Gasteiger partial charge in [0.25, 0.3) is 0 Å². The summed E-state index contributed by atoms with van der Waals surface area (Å²) in [7, 11) is 1.48. The third kappa shape index (κ3) is 4.57. The second-order valence-electron chi connectivity index (χ2n) is 5.66. The summed E-state index contributed by atoms with van der Waals surface area (Å²) < 4.78 is 51.8. The minimum atomic E-state index is -4.63. The van der Waals surface area contributed by atoms with Gasteiger partial charge in [0, 0.05) is 20.1 Å². The van der Waals surface area contributed by atoms with Gasteiger partial charge >= 0.3 is 6.18 Å². The van der Waals surface area contributed by atoms with Gasteiger partial charge in [-0.05, 0) is 37.0 Å². The van der Waals surface area contributed by atoms with Crippen molar-refractivity contribution >= 4 is 5.96 Å². The number of nitrogens with one attached hydrogen (secondary N) is 2. The van der Waals surface area contributed by atoms with Crippen LogP contribution >= 0.6 is 0 Å². The van der Waals surface area contributed by atoms with E-state index in [1.807, 2.05) is 0 Å². The summed E-state index contributed by atoms with van der Waals surface area (Å²) in [6, 6.07) is 2.56. The summed E-state index contributed by atoms with van der Waals surface area (Å²) in [5, 5.41) is 15.6. The van der Waals surface area contributed by atoms with Gasteiger partial charge in [-0.15, -0.1) is 0 Å². The van der Waals surface area contributed by atoms with Gasteiger partial charge in [0.1, 0.15) is 5.82 Å². The third-order valence-electron chi connectivity index (χ3n) is 3.92. The summed E-state index contributed by atoms with van der Waals surface area (Å²) in [4.78, 5) is 3.90. The van der Waals surface area contributed by atoms with Crippen LogP contribution in [0.5, 0.6) is 0 Å². The summed E-state index contributed by atoms with van der Waals surface area (Å²) in [5.41, 5.74) is -1.87. The predicted octanol–water partition coefficient (Wildman–Crippen LogP) is 2.42. The fourth-order valence-corrected chi connectivity index (χ4v) is 2.38. The first kappa shape index (κ1) is 17.5. The van der Waals surface area contributed by atoms with E-state index in [-0.39, 0.29) is 24.6 Å². The molecule has 1 aromatic rings. The third-order valence-corrected chi connectivity index (χ3v) is 3.92. The number of rotatable bonds is 4. The van der Waals surface area contributed by atoms with Gasteiger partial charge in [-0.2, -0.15) is 13.2 Å². The summed E-state index contributed by atoms with van der Waals surface area (Å²) >= 11 is 0. The monoisotopic (exact) mass is 333 g/mol. The van der Waals surface area contributed by atoms with Crippen molar-refractivity contribution in [3.63, 3.8) is 0 Å². The molecule has 1 aromatic carbocycles. The first-order chi connectivity index (χ1) is 10.7. The molecule has 4 nitrogen and oxygen atoms in total. The van der Waals surface area contributed by atoms with Gasteiger partial charge in [-0.1, -0.05) is 6.07 Å². The molecule has 0 aliphatic heterocycles. The Hall–Kier alpha value is -1.83. The number of aliphatic imine (C=N–C) groups is 1. The van der Waals surface area contributed by atoms with Gasteiger partial charge in [0.2, 0.25) is 0 Å². The number of hydrogen-bond acceptors (Lipinski definition) is 2. The van der Waals surface area contributed by atoms with Crippen molar-refractivity contribution in [2.24, 2.45) is 4.99 Å². The minimum absolute atomic E-state index is 0.0794. The van der Waals surface area contributed by atoms with Crippen LogP contribution in [0.3, 0.4) is 0 Å². The van der Waals surface area contributed by atoms with Crippen LogP contribution < -0.4 is 10.6 Å². The smallest absolute Gasteiger partial charge is 0.388 e. The zero-order valence-electron chi connectivity index (χ0n) is 12.7. The van der Waals surface area contributed by atoms with Crippen LogP contribution in [0.15, 0.2) is 23.2 Å². The lowest BCUT2D eigenvalue weighted by molar-refractivity contribution is -0.138. The zero-order valence-corrected chi connectivity index (χ0v) is 12.7. The lowest BCUT2D eigenvalue weighted by Gasteiger charge is -2.37. The van der Waals surface area contributed by atoms with E-state index in [9.17, 15) is 22.7 Å². The van der Waals surface area contributed by atoms with Gasteiger partial charge in [-0.3, -0.25) is 4.99 Å². The molecule has 0 aromatic heterocycles. The van der Waals surface area contributed by atoms with Gasteiger partial charge in [0.05, 0.1) is 11.2 Å². The first-order valence-corrected chi connectivity index (χ1v) is 7.26. The maximum atomic E-state index is 13.1. The number of halogens is 4. The molecule has 1 aliphatic carbocycles. The Morgan fingerprint density at radius 3 is 2.52 bits per heavy atom. The first-order valence-electron chi connectivity index (χ1n) is 7.26. The highest BCUT2D eigenvalue weighted by atomic mass is 19.4. The maximum Gasteiger partial charge on any atom is 0.416 e. The van der Waals surface area contributed by atoms with Crippen LogP contribution in [0, 0.1) is 5.82 Å². The molecule has 2 rings (SSSR count). The maximum absolute atomic E-state index is 13.1. The number of guanidine groups is 1. The molecular formula is C15H19F4N3O. The fraction of sp³-hybridized carbons (Fsp3) is 0.533. The topological polar surface area (TPSA) is 56.7 Å². The van der Waals surface area contributed by atoms with Gasteiger partial charge < -0.3 is 15.7 Å². The Balaban J connectivity index is 1.99. The quantitative estimate of drug-likeness (QED) is 0.451. The van der Waals surface area contributed by atoms with E-state index in [2.05, 4.69) is 15.6 Å². The molecular weight excluding hydrogens is 314 g/mol. The van der Waals surface area contributed by atoms with E-state index >= 15 is 0 Å². The highest BCUT2D eigenvalue weighted by molar-refractivity contribution is 5.79. The molecule has 128 valence electrons. The molecule has 0 atom stereocenters. The van der Waals surface area contributed by atoms with Crippen LogP contribution in [0.1, 0.15) is 30.4 Å². The Kier molecular flexibility index (Phi) is 5.13. The molecule has 0 heterocycles. The van der Waals surface area contributed by atoms with Crippen molar-refractivity contribution in [2.45, 2.75) is 37.6 Å². The van der Waals surface area contributed by atoms with Crippen LogP contribution in [-0.4, -0.2) is 30.3 Å². The van der Waals surface area contributed by atoms with Gasteiger partial charge in [-0.25, -0.2) is 4.39 Å². The molecule has 0 unspecified atom stereocenters. The van der Waals surface area contributed by atoms with E-state index in [0.29, 0.717) is 18.9 Å². The highest BCUT2D eigenvalue weighted by Crippen LogP contribution is 2.32. The van der Waals surface area contributed by atoms with Crippen molar-refractivity contribution < 1.29 is 22.7 Å². The summed E-state index contributed by atoms with van der Waals surface area (Å²) in [6.45, 7) is 0.120. The SMILES string of the molecule is CN=C(NCc1ccc(F)cc1C(F)(F)F)NCC1(O)CCC1. The Labute approximate surface area is 131 Å². The second-order valence-corrected chi connectivity index (χ2v) is 5.66. The number of benzene rings is 1. The minimum Gasteiger partial charge on any atom is -0.388 e. The summed E-state index contributed by atoms with van der Waals surface area (Å²) in [6.07, 6.45) is -2.30. The molecule has 0 bridgehead atoms. The average Bonchev–Trinajstić information content (AvgIpc) is 2.45. The van der Waals surface area contributed by atoms with E-state index in [4.69, 9.17) is 0 Å². The number of hydrogen-bond donors (Lipinski definition) is 3. The molecule has 0 saturated heterocycles. The Bertz CT molecular complexity index is 583. The molecule has 23 heavy (non-hydrogen) atoms.